The van der Waals surface area contributed by atoms with E-state index < -0.39 is 0 Å². The van der Waals surface area contributed by atoms with Crippen LogP contribution in [0.1, 0.15) is 28.9 Å². The second kappa shape index (κ2) is 8.06. The first-order chi connectivity index (χ1) is 11.8. The quantitative estimate of drug-likeness (QED) is 0.765. The summed E-state index contributed by atoms with van der Waals surface area (Å²) in [5.74, 6) is 1.20. The lowest BCUT2D eigenvalue weighted by molar-refractivity contribution is 0.0841. The third-order valence-corrected chi connectivity index (χ3v) is 4.74. The lowest BCUT2D eigenvalue weighted by Crippen LogP contribution is -2.37. The molecular weight excluding hydrogens is 300 g/mol. The fourth-order valence-corrected chi connectivity index (χ4v) is 3.23. The van der Waals surface area contributed by atoms with Gasteiger partial charge in [-0.05, 0) is 62.3 Å². The molecule has 1 fully saturated rings. The average Bonchev–Trinajstić information content (AvgIpc) is 2.67. The van der Waals surface area contributed by atoms with Crippen LogP contribution in [0.5, 0.6) is 5.75 Å². The van der Waals surface area contributed by atoms with Crippen molar-refractivity contribution < 1.29 is 9.53 Å². The van der Waals surface area contributed by atoms with E-state index in [-0.39, 0.29) is 11.7 Å². The molecule has 0 radical (unpaired) electrons. The van der Waals surface area contributed by atoms with E-state index >= 15 is 0 Å². The fourth-order valence-electron chi connectivity index (χ4n) is 3.23. The Morgan fingerprint density at radius 2 is 1.92 bits per heavy atom. The van der Waals surface area contributed by atoms with Gasteiger partial charge in [-0.3, -0.25) is 9.78 Å². The van der Waals surface area contributed by atoms with Crippen molar-refractivity contribution in [2.24, 2.45) is 5.92 Å². The monoisotopic (exact) mass is 324 g/mol. The molecule has 4 heteroatoms. The third kappa shape index (κ3) is 4.20. The van der Waals surface area contributed by atoms with Gasteiger partial charge in [0, 0.05) is 36.3 Å². The van der Waals surface area contributed by atoms with E-state index in [0.717, 1.165) is 55.9 Å². The van der Waals surface area contributed by atoms with Crippen LogP contribution < -0.4 is 4.74 Å². The first-order valence-corrected chi connectivity index (χ1v) is 8.57. The predicted molar refractivity (Wildman–Crippen MR) is 94.4 cm³/mol. The van der Waals surface area contributed by atoms with Crippen LogP contribution in [0.4, 0.5) is 0 Å². The van der Waals surface area contributed by atoms with Gasteiger partial charge in [-0.1, -0.05) is 6.07 Å². The average molecular weight is 324 g/mol. The standard InChI is InChI=1S/C20H24N2O2/c1-24-19-7-5-16(6-8-19)20(23)17-9-13-22(14-10-17)15-11-18-4-2-3-12-21-18/h2-8,12,17H,9-11,13-15H2,1H3. The second-order valence-corrected chi connectivity index (χ2v) is 6.28. The molecule has 0 amide bonds. The molecule has 0 aliphatic carbocycles. The summed E-state index contributed by atoms with van der Waals surface area (Å²) in [5.41, 5.74) is 1.93. The summed E-state index contributed by atoms with van der Waals surface area (Å²) < 4.78 is 5.15. The normalized spacial score (nSPS) is 16.0. The van der Waals surface area contributed by atoms with Gasteiger partial charge in [0.25, 0.3) is 0 Å². The van der Waals surface area contributed by atoms with Gasteiger partial charge in [-0.15, -0.1) is 0 Å². The molecule has 1 aliphatic rings. The smallest absolute Gasteiger partial charge is 0.166 e. The summed E-state index contributed by atoms with van der Waals surface area (Å²) in [7, 11) is 1.64. The van der Waals surface area contributed by atoms with Crippen molar-refractivity contribution in [1.82, 2.24) is 9.88 Å². The Kier molecular flexibility index (Phi) is 5.59. The van der Waals surface area contributed by atoms with Crippen LogP contribution in [-0.2, 0) is 6.42 Å². The Labute approximate surface area is 143 Å². The van der Waals surface area contributed by atoms with Crippen LogP contribution in [0.2, 0.25) is 0 Å². The first kappa shape index (κ1) is 16.7. The number of nitrogens with zero attached hydrogens (tertiary/aromatic N) is 2. The Bertz CT molecular complexity index is 647. The Hall–Kier alpha value is -2.20. The highest BCUT2D eigenvalue weighted by molar-refractivity contribution is 5.98. The summed E-state index contributed by atoms with van der Waals surface area (Å²) in [6.07, 6.45) is 4.69. The summed E-state index contributed by atoms with van der Waals surface area (Å²) in [4.78, 5) is 19.4. The highest BCUT2D eigenvalue weighted by atomic mass is 16.5. The van der Waals surface area contributed by atoms with E-state index in [1.54, 1.807) is 7.11 Å². The number of rotatable bonds is 6. The van der Waals surface area contributed by atoms with Crippen LogP contribution in [-0.4, -0.2) is 42.4 Å². The van der Waals surface area contributed by atoms with Gasteiger partial charge in [-0.2, -0.15) is 0 Å². The van der Waals surface area contributed by atoms with Crippen molar-refractivity contribution in [2.75, 3.05) is 26.7 Å². The van der Waals surface area contributed by atoms with Gasteiger partial charge in [0.15, 0.2) is 5.78 Å². The van der Waals surface area contributed by atoms with E-state index in [0.29, 0.717) is 0 Å². The molecule has 0 spiro atoms. The lowest BCUT2D eigenvalue weighted by atomic mass is 9.89. The van der Waals surface area contributed by atoms with E-state index in [1.807, 2.05) is 42.6 Å². The summed E-state index contributed by atoms with van der Waals surface area (Å²) in [5, 5.41) is 0. The van der Waals surface area contributed by atoms with Gasteiger partial charge in [0.2, 0.25) is 0 Å². The van der Waals surface area contributed by atoms with E-state index in [9.17, 15) is 4.79 Å². The van der Waals surface area contributed by atoms with Gasteiger partial charge in [-0.25, -0.2) is 0 Å². The molecule has 2 heterocycles. The number of likely N-dealkylation sites (tertiary alicyclic amines) is 1. The number of ketones is 1. The minimum absolute atomic E-state index is 0.143. The molecular formula is C20H24N2O2. The van der Waals surface area contributed by atoms with E-state index in [2.05, 4.69) is 16.0 Å². The van der Waals surface area contributed by atoms with Crippen molar-refractivity contribution in [3.63, 3.8) is 0 Å². The predicted octanol–water partition coefficient (Wildman–Crippen LogP) is 3.23. The summed E-state index contributed by atoms with van der Waals surface area (Å²) in [6.45, 7) is 2.99. The molecule has 1 aromatic carbocycles. The number of carbonyl (C=O) groups is 1. The third-order valence-electron chi connectivity index (χ3n) is 4.74. The molecule has 1 aliphatic heterocycles. The van der Waals surface area contributed by atoms with Crippen LogP contribution in [0.15, 0.2) is 48.7 Å². The summed E-state index contributed by atoms with van der Waals surface area (Å²) >= 11 is 0. The highest BCUT2D eigenvalue weighted by Gasteiger charge is 2.25. The number of aromatic nitrogens is 1. The number of hydrogen-bond acceptors (Lipinski definition) is 4. The molecule has 1 saturated heterocycles. The maximum Gasteiger partial charge on any atom is 0.166 e. The van der Waals surface area contributed by atoms with E-state index in [1.165, 1.54) is 0 Å². The van der Waals surface area contributed by atoms with Crippen molar-refractivity contribution in [3.8, 4) is 5.75 Å². The molecule has 1 aromatic heterocycles. The molecule has 0 unspecified atom stereocenters. The van der Waals surface area contributed by atoms with Gasteiger partial charge in [0.05, 0.1) is 7.11 Å². The number of methoxy groups -OCH3 is 1. The number of piperidine rings is 1. The number of Topliss-reactive ketones (excluding diaryl/α,β-unsaturated/α-hetero) is 1. The SMILES string of the molecule is COc1ccc(C(=O)C2CCN(CCc3ccccn3)CC2)cc1. The molecule has 0 N–H and O–H groups in total. The molecule has 0 atom stereocenters. The van der Waals surface area contributed by atoms with Gasteiger partial charge < -0.3 is 9.64 Å². The Balaban J connectivity index is 1.48. The zero-order valence-electron chi connectivity index (χ0n) is 14.1. The fraction of sp³-hybridized carbons (Fsp3) is 0.400. The largest absolute Gasteiger partial charge is 0.497 e. The molecule has 3 rings (SSSR count). The van der Waals surface area contributed by atoms with Crippen LogP contribution in [0.3, 0.4) is 0 Å². The number of benzene rings is 1. The second-order valence-electron chi connectivity index (χ2n) is 6.28. The Morgan fingerprint density at radius 1 is 1.17 bits per heavy atom. The maximum absolute atomic E-state index is 12.6. The summed E-state index contributed by atoms with van der Waals surface area (Å²) in [6, 6.07) is 13.5. The van der Waals surface area contributed by atoms with Crippen molar-refractivity contribution >= 4 is 5.78 Å². The van der Waals surface area contributed by atoms with Crippen molar-refractivity contribution in [1.29, 1.82) is 0 Å². The zero-order chi connectivity index (χ0) is 16.8. The molecule has 0 bridgehead atoms. The molecule has 24 heavy (non-hydrogen) atoms. The van der Waals surface area contributed by atoms with Crippen molar-refractivity contribution in [3.05, 3.63) is 59.9 Å². The van der Waals surface area contributed by atoms with Gasteiger partial charge in [0.1, 0.15) is 5.75 Å². The van der Waals surface area contributed by atoms with Crippen molar-refractivity contribution in [2.45, 2.75) is 19.3 Å². The van der Waals surface area contributed by atoms with Gasteiger partial charge >= 0.3 is 0 Å². The topological polar surface area (TPSA) is 42.4 Å². The lowest BCUT2D eigenvalue weighted by Gasteiger charge is -2.31. The number of hydrogen-bond donors (Lipinski definition) is 0. The maximum atomic E-state index is 12.6. The zero-order valence-corrected chi connectivity index (χ0v) is 14.1. The van der Waals surface area contributed by atoms with Crippen LogP contribution in [0, 0.1) is 5.92 Å². The number of ether oxygens (including phenoxy) is 1. The molecule has 126 valence electrons. The van der Waals surface area contributed by atoms with Crippen LogP contribution in [0.25, 0.3) is 0 Å². The molecule has 2 aromatic rings. The minimum atomic E-state index is 0.143. The number of pyridine rings is 1. The highest BCUT2D eigenvalue weighted by Crippen LogP contribution is 2.23. The van der Waals surface area contributed by atoms with Crippen LogP contribution >= 0.6 is 0 Å². The molecule has 4 nitrogen and oxygen atoms in total. The Morgan fingerprint density at radius 3 is 2.54 bits per heavy atom. The van der Waals surface area contributed by atoms with E-state index in [4.69, 9.17) is 4.74 Å². The number of carbonyl (C=O) groups excluding carboxylic acids is 1. The minimum Gasteiger partial charge on any atom is -0.497 e. The molecule has 0 saturated carbocycles. The first-order valence-electron chi connectivity index (χ1n) is 8.57.